The van der Waals surface area contributed by atoms with E-state index in [0.717, 1.165) is 12.1 Å². The van der Waals surface area contributed by atoms with Gasteiger partial charge in [0.05, 0.1) is 16.4 Å². The zero-order valence-corrected chi connectivity index (χ0v) is 15.3. The summed E-state index contributed by atoms with van der Waals surface area (Å²) in [5.74, 6) is -0.371. The molecule has 9 heteroatoms. The van der Waals surface area contributed by atoms with E-state index in [1.165, 1.54) is 7.05 Å². The van der Waals surface area contributed by atoms with E-state index in [1.54, 1.807) is 24.3 Å². The van der Waals surface area contributed by atoms with E-state index in [0.29, 0.717) is 23.3 Å². The average molecular weight is 401 g/mol. The first-order valence-corrected chi connectivity index (χ1v) is 9.36. The maximum atomic E-state index is 13.1. The SMILES string of the molecule is CN=C(NCCS(=O)c1ccccc1)NCc1ccc(F)cc1C(F)(F)F. The zero-order chi connectivity index (χ0) is 19.9. The van der Waals surface area contributed by atoms with Crippen LogP contribution in [0.1, 0.15) is 11.1 Å². The van der Waals surface area contributed by atoms with Gasteiger partial charge in [-0.2, -0.15) is 13.2 Å². The van der Waals surface area contributed by atoms with Crippen LogP contribution in [0.4, 0.5) is 17.6 Å². The molecule has 27 heavy (non-hydrogen) atoms. The highest BCUT2D eigenvalue weighted by atomic mass is 32.2. The third-order valence-corrected chi connectivity index (χ3v) is 5.01. The van der Waals surface area contributed by atoms with E-state index in [2.05, 4.69) is 15.6 Å². The molecule has 0 aromatic heterocycles. The summed E-state index contributed by atoms with van der Waals surface area (Å²) in [5.41, 5.74) is -1.13. The van der Waals surface area contributed by atoms with Crippen LogP contribution in [0.5, 0.6) is 0 Å². The first-order valence-electron chi connectivity index (χ1n) is 8.05. The van der Waals surface area contributed by atoms with Gasteiger partial charge in [-0.15, -0.1) is 0 Å². The van der Waals surface area contributed by atoms with Crippen LogP contribution in [0, 0.1) is 5.82 Å². The summed E-state index contributed by atoms with van der Waals surface area (Å²) in [7, 11) is 0.276. The van der Waals surface area contributed by atoms with Crippen molar-refractivity contribution in [3.8, 4) is 0 Å². The highest BCUT2D eigenvalue weighted by molar-refractivity contribution is 7.85. The third kappa shape index (κ3) is 6.35. The molecular weight excluding hydrogens is 382 g/mol. The van der Waals surface area contributed by atoms with Crippen molar-refractivity contribution in [2.24, 2.45) is 4.99 Å². The molecule has 0 saturated heterocycles. The lowest BCUT2D eigenvalue weighted by Gasteiger charge is -2.16. The summed E-state index contributed by atoms with van der Waals surface area (Å²) in [6.45, 7) is 0.132. The van der Waals surface area contributed by atoms with Crippen molar-refractivity contribution in [3.05, 3.63) is 65.5 Å². The molecule has 0 aliphatic rings. The first-order chi connectivity index (χ1) is 12.8. The molecule has 2 rings (SSSR count). The van der Waals surface area contributed by atoms with Crippen LogP contribution < -0.4 is 10.6 Å². The minimum atomic E-state index is -4.65. The van der Waals surface area contributed by atoms with Gasteiger partial charge < -0.3 is 10.6 Å². The van der Waals surface area contributed by atoms with Crippen molar-refractivity contribution in [1.82, 2.24) is 10.6 Å². The largest absolute Gasteiger partial charge is 0.416 e. The lowest BCUT2D eigenvalue weighted by atomic mass is 10.1. The molecular formula is C18H19F4N3OS. The Morgan fingerprint density at radius 3 is 2.44 bits per heavy atom. The van der Waals surface area contributed by atoms with E-state index in [1.807, 2.05) is 6.07 Å². The lowest BCUT2D eigenvalue weighted by Crippen LogP contribution is -2.39. The molecule has 0 heterocycles. The van der Waals surface area contributed by atoms with Crippen molar-refractivity contribution in [2.45, 2.75) is 17.6 Å². The molecule has 2 N–H and O–H groups in total. The highest BCUT2D eigenvalue weighted by Gasteiger charge is 2.33. The van der Waals surface area contributed by atoms with E-state index < -0.39 is 28.4 Å². The van der Waals surface area contributed by atoms with Crippen molar-refractivity contribution in [2.75, 3.05) is 19.3 Å². The monoisotopic (exact) mass is 401 g/mol. The number of nitrogens with one attached hydrogen (secondary N) is 2. The molecule has 1 unspecified atom stereocenters. The summed E-state index contributed by atoms with van der Waals surface area (Å²) >= 11 is 0. The van der Waals surface area contributed by atoms with Crippen LogP contribution in [0.15, 0.2) is 58.4 Å². The normalized spacial score (nSPS) is 13.3. The second kappa shape index (κ2) is 9.50. The number of alkyl halides is 3. The fourth-order valence-corrected chi connectivity index (χ4v) is 3.30. The molecule has 146 valence electrons. The van der Waals surface area contributed by atoms with Crippen LogP contribution >= 0.6 is 0 Å². The number of aliphatic imine (C=N–C) groups is 1. The number of nitrogens with zero attached hydrogens (tertiary/aromatic N) is 1. The predicted molar refractivity (Wildman–Crippen MR) is 97.3 cm³/mol. The van der Waals surface area contributed by atoms with Crippen molar-refractivity contribution < 1.29 is 21.8 Å². The van der Waals surface area contributed by atoms with Crippen LogP contribution in [0.3, 0.4) is 0 Å². The van der Waals surface area contributed by atoms with Gasteiger partial charge in [-0.25, -0.2) is 4.39 Å². The topological polar surface area (TPSA) is 53.5 Å². The molecule has 0 aliphatic carbocycles. The van der Waals surface area contributed by atoms with E-state index in [-0.39, 0.29) is 18.1 Å². The number of guanidine groups is 1. The Morgan fingerprint density at radius 1 is 1.11 bits per heavy atom. The molecule has 0 fully saturated rings. The third-order valence-electron chi connectivity index (χ3n) is 3.63. The second-order valence-electron chi connectivity index (χ2n) is 5.51. The minimum absolute atomic E-state index is 0.0975. The Kier molecular flexibility index (Phi) is 7.35. The van der Waals surface area contributed by atoms with Gasteiger partial charge in [-0.3, -0.25) is 9.20 Å². The van der Waals surface area contributed by atoms with Gasteiger partial charge in [-0.1, -0.05) is 24.3 Å². The molecule has 4 nitrogen and oxygen atoms in total. The van der Waals surface area contributed by atoms with Crippen LogP contribution in [0.2, 0.25) is 0 Å². The number of hydrogen-bond donors (Lipinski definition) is 2. The lowest BCUT2D eigenvalue weighted by molar-refractivity contribution is -0.138. The maximum Gasteiger partial charge on any atom is 0.416 e. The van der Waals surface area contributed by atoms with Gasteiger partial charge >= 0.3 is 6.18 Å². The van der Waals surface area contributed by atoms with Crippen LogP contribution in [0.25, 0.3) is 0 Å². The Morgan fingerprint density at radius 2 is 1.81 bits per heavy atom. The van der Waals surface area contributed by atoms with Crippen molar-refractivity contribution in [1.29, 1.82) is 0 Å². The molecule has 1 atom stereocenters. The van der Waals surface area contributed by atoms with Gasteiger partial charge in [0.25, 0.3) is 0 Å². The van der Waals surface area contributed by atoms with Crippen molar-refractivity contribution in [3.63, 3.8) is 0 Å². The molecule has 2 aromatic rings. The van der Waals surface area contributed by atoms with Gasteiger partial charge in [0, 0.05) is 30.8 Å². The summed E-state index contributed by atoms with van der Waals surface area (Å²) in [6.07, 6.45) is -4.65. The van der Waals surface area contributed by atoms with E-state index in [9.17, 15) is 21.8 Å². The summed E-state index contributed by atoms with van der Waals surface area (Å²) in [4.78, 5) is 4.62. The van der Waals surface area contributed by atoms with Crippen LogP contribution in [-0.4, -0.2) is 29.5 Å². The molecule has 2 aromatic carbocycles. The first kappa shape index (κ1) is 20.9. The Hall–Kier alpha value is -2.42. The summed E-state index contributed by atoms with van der Waals surface area (Å²) in [6, 6.07) is 11.5. The molecule has 0 saturated carbocycles. The maximum absolute atomic E-state index is 13.1. The second-order valence-corrected chi connectivity index (χ2v) is 7.09. The summed E-state index contributed by atoms with van der Waals surface area (Å²) < 4.78 is 64.3. The molecule has 0 bridgehead atoms. The standard InChI is InChI=1S/C18H19F4N3OS/c1-23-17(24-9-10-27(26)15-5-3-2-4-6-15)25-12-13-7-8-14(19)11-16(13)18(20,21)22/h2-8,11H,9-10,12H2,1H3,(H2,23,24,25). The average Bonchev–Trinajstić information content (AvgIpc) is 2.65. The zero-order valence-electron chi connectivity index (χ0n) is 14.5. The van der Waals surface area contributed by atoms with Gasteiger partial charge in [0.2, 0.25) is 0 Å². The quantitative estimate of drug-likeness (QED) is 0.444. The fraction of sp³-hybridized carbons (Fsp3) is 0.278. The molecule has 0 spiro atoms. The number of rotatable bonds is 6. The van der Waals surface area contributed by atoms with Crippen LogP contribution in [-0.2, 0) is 23.5 Å². The minimum Gasteiger partial charge on any atom is -0.355 e. The molecule has 0 amide bonds. The Labute approximate surface area is 157 Å². The molecule has 0 radical (unpaired) electrons. The summed E-state index contributed by atoms with van der Waals surface area (Å²) in [5, 5.41) is 5.65. The number of hydrogen-bond acceptors (Lipinski definition) is 2. The predicted octanol–water partition coefficient (Wildman–Crippen LogP) is 3.32. The Bertz CT molecular complexity index is 810. The van der Waals surface area contributed by atoms with Crippen molar-refractivity contribution >= 4 is 16.8 Å². The Balaban J connectivity index is 1.90. The highest BCUT2D eigenvalue weighted by Crippen LogP contribution is 2.32. The van der Waals surface area contributed by atoms with Gasteiger partial charge in [0.1, 0.15) is 5.82 Å². The smallest absolute Gasteiger partial charge is 0.355 e. The number of halogens is 4. The van der Waals surface area contributed by atoms with Gasteiger partial charge in [-0.05, 0) is 29.8 Å². The van der Waals surface area contributed by atoms with E-state index in [4.69, 9.17) is 0 Å². The fourth-order valence-electron chi connectivity index (χ4n) is 2.32. The van der Waals surface area contributed by atoms with Gasteiger partial charge in [0.15, 0.2) is 5.96 Å². The molecule has 0 aliphatic heterocycles. The number of benzene rings is 2. The van der Waals surface area contributed by atoms with E-state index >= 15 is 0 Å².